The number of benzene rings is 2. The number of hydrogen-bond donors (Lipinski definition) is 1. The van der Waals surface area contributed by atoms with Crippen molar-refractivity contribution in [2.75, 3.05) is 25.5 Å². The van der Waals surface area contributed by atoms with Crippen LogP contribution in [0.3, 0.4) is 0 Å². The standard InChI is InChI=1S/C18H23N3/c1-20(2)17-10-6-9-15-16(17)13-21(18(15)11-19)12-14-7-4-3-5-8-14/h3-10,18H,11-13,19H2,1-2H3. The van der Waals surface area contributed by atoms with E-state index in [1.54, 1.807) is 0 Å². The fourth-order valence-corrected chi connectivity index (χ4v) is 3.27. The minimum absolute atomic E-state index is 0.320. The summed E-state index contributed by atoms with van der Waals surface area (Å²) < 4.78 is 0. The van der Waals surface area contributed by atoms with Gasteiger partial charge < -0.3 is 10.6 Å². The predicted molar refractivity (Wildman–Crippen MR) is 88.3 cm³/mol. The predicted octanol–water partition coefficient (Wildman–Crippen LogP) is 2.77. The monoisotopic (exact) mass is 281 g/mol. The van der Waals surface area contributed by atoms with Gasteiger partial charge in [0.05, 0.1) is 0 Å². The molecular weight excluding hydrogens is 258 g/mol. The highest BCUT2D eigenvalue weighted by Crippen LogP contribution is 2.38. The van der Waals surface area contributed by atoms with Gasteiger partial charge >= 0.3 is 0 Å². The van der Waals surface area contributed by atoms with Crippen molar-refractivity contribution in [1.29, 1.82) is 0 Å². The zero-order valence-corrected chi connectivity index (χ0v) is 12.8. The Hall–Kier alpha value is -1.84. The minimum atomic E-state index is 0.320. The van der Waals surface area contributed by atoms with E-state index >= 15 is 0 Å². The van der Waals surface area contributed by atoms with Gasteiger partial charge in [-0.05, 0) is 22.8 Å². The Balaban J connectivity index is 1.90. The van der Waals surface area contributed by atoms with Crippen molar-refractivity contribution >= 4 is 5.69 Å². The van der Waals surface area contributed by atoms with Crippen LogP contribution in [0.1, 0.15) is 22.7 Å². The molecule has 0 radical (unpaired) electrons. The maximum Gasteiger partial charge on any atom is 0.0481 e. The van der Waals surface area contributed by atoms with Crippen molar-refractivity contribution < 1.29 is 0 Å². The first-order chi connectivity index (χ1) is 10.2. The molecular formula is C18H23N3. The van der Waals surface area contributed by atoms with Crippen LogP contribution >= 0.6 is 0 Å². The molecule has 0 bridgehead atoms. The second-order valence-corrected chi connectivity index (χ2v) is 5.88. The summed E-state index contributed by atoms with van der Waals surface area (Å²) in [6, 6.07) is 17.5. The van der Waals surface area contributed by atoms with Gasteiger partial charge in [-0.2, -0.15) is 0 Å². The lowest BCUT2D eigenvalue weighted by atomic mass is 10.0. The lowest BCUT2D eigenvalue weighted by Crippen LogP contribution is -2.27. The zero-order valence-electron chi connectivity index (χ0n) is 12.8. The van der Waals surface area contributed by atoms with Crippen LogP contribution in [0.4, 0.5) is 5.69 Å². The molecule has 0 aliphatic carbocycles. The third-order valence-corrected chi connectivity index (χ3v) is 4.28. The Morgan fingerprint density at radius 1 is 1.10 bits per heavy atom. The maximum atomic E-state index is 6.06. The van der Waals surface area contributed by atoms with E-state index in [0.29, 0.717) is 12.6 Å². The Bertz CT molecular complexity index is 607. The molecule has 3 nitrogen and oxygen atoms in total. The van der Waals surface area contributed by atoms with E-state index in [9.17, 15) is 0 Å². The quantitative estimate of drug-likeness (QED) is 0.935. The van der Waals surface area contributed by atoms with Crippen molar-refractivity contribution in [2.45, 2.75) is 19.1 Å². The van der Waals surface area contributed by atoms with Gasteiger partial charge in [0.15, 0.2) is 0 Å². The Labute approximate surface area is 127 Å². The average molecular weight is 281 g/mol. The number of hydrogen-bond acceptors (Lipinski definition) is 3. The summed E-state index contributed by atoms with van der Waals surface area (Å²) in [5.74, 6) is 0. The van der Waals surface area contributed by atoms with Crippen LogP contribution in [0.2, 0.25) is 0 Å². The summed E-state index contributed by atoms with van der Waals surface area (Å²) in [5, 5.41) is 0. The second kappa shape index (κ2) is 5.88. The van der Waals surface area contributed by atoms with E-state index < -0.39 is 0 Å². The van der Waals surface area contributed by atoms with Crippen LogP contribution < -0.4 is 10.6 Å². The molecule has 3 rings (SSSR count). The summed E-state index contributed by atoms with van der Waals surface area (Å²) in [4.78, 5) is 4.67. The molecule has 1 heterocycles. The van der Waals surface area contributed by atoms with Crippen LogP contribution in [0, 0.1) is 0 Å². The molecule has 2 N–H and O–H groups in total. The van der Waals surface area contributed by atoms with Gasteiger partial charge in [0, 0.05) is 45.5 Å². The van der Waals surface area contributed by atoms with E-state index in [1.165, 1.54) is 22.4 Å². The van der Waals surface area contributed by atoms with Crippen molar-refractivity contribution in [1.82, 2.24) is 4.90 Å². The van der Waals surface area contributed by atoms with Crippen molar-refractivity contribution in [3.05, 3.63) is 65.2 Å². The second-order valence-electron chi connectivity index (χ2n) is 5.88. The van der Waals surface area contributed by atoms with Crippen LogP contribution in [0.15, 0.2) is 48.5 Å². The highest BCUT2D eigenvalue weighted by atomic mass is 15.2. The normalized spacial score (nSPS) is 17.8. The molecule has 1 atom stereocenters. The van der Waals surface area contributed by atoms with E-state index in [-0.39, 0.29) is 0 Å². The average Bonchev–Trinajstić information content (AvgIpc) is 2.84. The van der Waals surface area contributed by atoms with Crippen LogP contribution in [-0.2, 0) is 13.1 Å². The molecule has 110 valence electrons. The van der Waals surface area contributed by atoms with E-state index in [1.807, 2.05) is 0 Å². The molecule has 2 aromatic rings. The van der Waals surface area contributed by atoms with E-state index in [0.717, 1.165) is 13.1 Å². The maximum absolute atomic E-state index is 6.06. The van der Waals surface area contributed by atoms with Gasteiger partial charge in [-0.25, -0.2) is 0 Å². The first-order valence-electron chi connectivity index (χ1n) is 7.48. The highest BCUT2D eigenvalue weighted by molar-refractivity contribution is 5.58. The SMILES string of the molecule is CN(C)c1cccc2c1CN(Cc1ccccc1)C2CN. The molecule has 1 aliphatic rings. The van der Waals surface area contributed by atoms with Gasteiger partial charge in [0.2, 0.25) is 0 Å². The molecule has 0 fully saturated rings. The first kappa shape index (κ1) is 14.1. The summed E-state index contributed by atoms with van der Waals surface area (Å²) in [7, 11) is 4.21. The molecule has 2 aromatic carbocycles. The van der Waals surface area contributed by atoms with Gasteiger partial charge in [-0.15, -0.1) is 0 Å². The fraction of sp³-hybridized carbons (Fsp3) is 0.333. The van der Waals surface area contributed by atoms with Gasteiger partial charge in [0.1, 0.15) is 0 Å². The molecule has 0 spiro atoms. The largest absolute Gasteiger partial charge is 0.377 e. The summed E-state index contributed by atoms with van der Waals surface area (Å²) in [6.07, 6.45) is 0. The molecule has 0 aromatic heterocycles. The summed E-state index contributed by atoms with van der Waals surface area (Å²) in [5.41, 5.74) is 11.5. The zero-order chi connectivity index (χ0) is 14.8. The van der Waals surface area contributed by atoms with E-state index in [2.05, 4.69) is 72.4 Å². The Morgan fingerprint density at radius 2 is 1.86 bits per heavy atom. The number of nitrogens with two attached hydrogens (primary N) is 1. The molecule has 1 aliphatic heterocycles. The van der Waals surface area contributed by atoms with Gasteiger partial charge in [0.25, 0.3) is 0 Å². The van der Waals surface area contributed by atoms with Crippen LogP contribution in [0.25, 0.3) is 0 Å². The Kier molecular flexibility index (Phi) is 3.95. The van der Waals surface area contributed by atoms with Crippen molar-refractivity contribution in [2.24, 2.45) is 5.73 Å². The number of nitrogens with zero attached hydrogens (tertiary/aromatic N) is 2. The lowest BCUT2D eigenvalue weighted by molar-refractivity contribution is 0.211. The molecule has 3 heteroatoms. The van der Waals surface area contributed by atoms with Gasteiger partial charge in [-0.1, -0.05) is 42.5 Å². The summed E-state index contributed by atoms with van der Waals surface area (Å²) in [6.45, 7) is 2.58. The highest BCUT2D eigenvalue weighted by Gasteiger charge is 2.30. The number of rotatable bonds is 4. The molecule has 0 saturated heterocycles. The van der Waals surface area contributed by atoms with E-state index in [4.69, 9.17) is 5.73 Å². The Morgan fingerprint density at radius 3 is 2.52 bits per heavy atom. The van der Waals surface area contributed by atoms with Crippen LogP contribution in [-0.4, -0.2) is 25.5 Å². The molecule has 1 unspecified atom stereocenters. The molecule has 0 amide bonds. The third-order valence-electron chi connectivity index (χ3n) is 4.28. The first-order valence-corrected chi connectivity index (χ1v) is 7.48. The molecule has 21 heavy (non-hydrogen) atoms. The van der Waals surface area contributed by atoms with Crippen molar-refractivity contribution in [3.8, 4) is 0 Å². The smallest absolute Gasteiger partial charge is 0.0481 e. The summed E-state index contributed by atoms with van der Waals surface area (Å²) >= 11 is 0. The number of anilines is 1. The third kappa shape index (κ3) is 2.67. The fourth-order valence-electron chi connectivity index (χ4n) is 3.27. The van der Waals surface area contributed by atoms with Gasteiger partial charge in [-0.3, -0.25) is 4.90 Å². The molecule has 0 saturated carbocycles. The lowest BCUT2D eigenvalue weighted by Gasteiger charge is -2.23. The van der Waals surface area contributed by atoms with Crippen LogP contribution in [0.5, 0.6) is 0 Å². The number of fused-ring (bicyclic) bond motifs is 1. The van der Waals surface area contributed by atoms with Crippen molar-refractivity contribution in [3.63, 3.8) is 0 Å². The topological polar surface area (TPSA) is 32.5 Å². The minimum Gasteiger partial charge on any atom is -0.377 e.